The monoisotopic (exact) mass is 377 g/mol. The summed E-state index contributed by atoms with van der Waals surface area (Å²) in [6, 6.07) is 17.7. The van der Waals surface area contributed by atoms with Gasteiger partial charge in [0.1, 0.15) is 0 Å². The van der Waals surface area contributed by atoms with Gasteiger partial charge in [0.15, 0.2) is 0 Å². The fraction of sp³-hybridized carbons (Fsp3) is 0.458. The summed E-state index contributed by atoms with van der Waals surface area (Å²) in [4.78, 5) is 13.7. The Labute approximate surface area is 168 Å². The number of hydrogen-bond acceptors (Lipinski definition) is 2. The number of nitrogens with zero attached hydrogens (tertiary/aromatic N) is 1. The molecule has 4 heteroatoms. The van der Waals surface area contributed by atoms with Crippen molar-refractivity contribution in [3.05, 3.63) is 54.1 Å². The molecule has 0 atom stereocenters. The molecule has 2 N–H and O–H groups in total. The summed E-state index contributed by atoms with van der Waals surface area (Å²) in [5, 5.41) is 6.60. The van der Waals surface area contributed by atoms with E-state index in [4.69, 9.17) is 0 Å². The van der Waals surface area contributed by atoms with Crippen LogP contribution in [-0.4, -0.2) is 25.2 Å². The maximum atomic E-state index is 11.9. The molecule has 0 bridgehead atoms. The zero-order valence-electron chi connectivity index (χ0n) is 17.0. The van der Waals surface area contributed by atoms with Crippen LogP contribution in [0.15, 0.2) is 48.5 Å². The Morgan fingerprint density at radius 1 is 1.07 bits per heavy atom. The van der Waals surface area contributed by atoms with E-state index in [9.17, 15) is 4.79 Å². The van der Waals surface area contributed by atoms with Crippen LogP contribution >= 0.6 is 0 Å². The van der Waals surface area contributed by atoms with Gasteiger partial charge in [-0.3, -0.25) is 4.90 Å². The van der Waals surface area contributed by atoms with Crippen LogP contribution in [0.25, 0.3) is 11.1 Å². The molecule has 148 valence electrons. The highest BCUT2D eigenvalue weighted by Crippen LogP contribution is 2.35. The van der Waals surface area contributed by atoms with Crippen LogP contribution in [0.4, 0.5) is 10.5 Å². The van der Waals surface area contributed by atoms with Gasteiger partial charge in [0, 0.05) is 31.4 Å². The molecule has 1 heterocycles. The molecule has 1 saturated heterocycles. The van der Waals surface area contributed by atoms with E-state index < -0.39 is 0 Å². The number of rotatable bonds is 5. The van der Waals surface area contributed by atoms with Gasteiger partial charge in [-0.15, -0.1) is 0 Å². The fourth-order valence-electron chi connectivity index (χ4n) is 4.25. The molecule has 0 unspecified atom stereocenters. The first kappa shape index (κ1) is 19.0. The molecule has 0 aromatic heterocycles. The number of amides is 2. The Kier molecular flexibility index (Phi) is 5.40. The normalized spacial score (nSPS) is 19.6. The van der Waals surface area contributed by atoms with Crippen molar-refractivity contribution >= 4 is 11.7 Å². The summed E-state index contributed by atoms with van der Waals surface area (Å²) in [5.41, 5.74) is 5.13. The largest absolute Gasteiger partial charge is 0.336 e. The molecule has 4 rings (SSSR count). The minimum Gasteiger partial charge on any atom is -0.336 e. The average molecular weight is 378 g/mol. The third-order valence-electron chi connectivity index (χ3n) is 6.24. The highest BCUT2D eigenvalue weighted by Gasteiger charge is 2.26. The van der Waals surface area contributed by atoms with Crippen molar-refractivity contribution in [2.75, 3.05) is 18.0 Å². The van der Waals surface area contributed by atoms with Crippen LogP contribution in [0, 0.1) is 5.41 Å². The second-order valence-corrected chi connectivity index (χ2v) is 8.95. The second-order valence-electron chi connectivity index (χ2n) is 8.95. The first-order valence-electron chi connectivity index (χ1n) is 10.5. The zero-order chi connectivity index (χ0) is 19.6. The van der Waals surface area contributed by atoms with Crippen molar-refractivity contribution in [1.82, 2.24) is 10.6 Å². The van der Waals surface area contributed by atoms with E-state index in [1.165, 1.54) is 36.8 Å². The Hall–Kier alpha value is -2.33. The summed E-state index contributed by atoms with van der Waals surface area (Å²) < 4.78 is 0. The predicted molar refractivity (Wildman–Crippen MR) is 115 cm³/mol. The molecule has 2 aromatic carbocycles. The number of anilines is 1. The lowest BCUT2D eigenvalue weighted by Crippen LogP contribution is -2.35. The number of hydrogen-bond donors (Lipinski definition) is 2. The molecule has 4 nitrogen and oxygen atoms in total. The quantitative estimate of drug-likeness (QED) is 0.775. The highest BCUT2D eigenvalue weighted by atomic mass is 16.2. The van der Waals surface area contributed by atoms with E-state index in [0.717, 1.165) is 24.3 Å². The molecule has 28 heavy (non-hydrogen) atoms. The van der Waals surface area contributed by atoms with E-state index in [-0.39, 0.29) is 6.03 Å². The molecular weight excluding hydrogens is 346 g/mol. The van der Waals surface area contributed by atoms with Crippen LogP contribution in [0.5, 0.6) is 0 Å². The van der Waals surface area contributed by atoms with Gasteiger partial charge in [0.05, 0.1) is 0 Å². The smallest absolute Gasteiger partial charge is 0.321 e. The molecule has 1 aliphatic carbocycles. The van der Waals surface area contributed by atoms with E-state index in [2.05, 4.69) is 60.9 Å². The Morgan fingerprint density at radius 3 is 2.50 bits per heavy atom. The first-order chi connectivity index (χ1) is 13.5. The predicted octanol–water partition coefficient (Wildman–Crippen LogP) is 4.94. The van der Waals surface area contributed by atoms with Crippen molar-refractivity contribution in [1.29, 1.82) is 0 Å². The van der Waals surface area contributed by atoms with Gasteiger partial charge in [-0.2, -0.15) is 0 Å². The van der Waals surface area contributed by atoms with Crippen LogP contribution < -0.4 is 15.5 Å². The summed E-state index contributed by atoms with van der Waals surface area (Å²) >= 11 is 0. The summed E-state index contributed by atoms with van der Waals surface area (Å²) in [7, 11) is 0. The average Bonchev–Trinajstić information content (AvgIpc) is 3.14. The molecule has 2 aromatic rings. The lowest BCUT2D eigenvalue weighted by Gasteiger charge is -2.34. The molecule has 0 radical (unpaired) electrons. The maximum absolute atomic E-state index is 11.9. The Morgan fingerprint density at radius 2 is 1.82 bits per heavy atom. The maximum Gasteiger partial charge on any atom is 0.321 e. The van der Waals surface area contributed by atoms with Crippen molar-refractivity contribution in [2.45, 2.75) is 52.1 Å². The number of urea groups is 1. The lowest BCUT2D eigenvalue weighted by atomic mass is 9.75. The minimum atomic E-state index is -0.00956. The van der Waals surface area contributed by atoms with Gasteiger partial charge >= 0.3 is 6.03 Å². The lowest BCUT2D eigenvalue weighted by molar-refractivity contribution is 0.206. The SMILES string of the molecule is CC1(C)CCC(NCc2ccc(-c3cccc(N4CCNC4=O)c3)cc2)CC1. The van der Waals surface area contributed by atoms with Crippen LogP contribution in [0.1, 0.15) is 45.1 Å². The van der Waals surface area contributed by atoms with Crippen molar-refractivity contribution in [3.63, 3.8) is 0 Å². The van der Waals surface area contributed by atoms with Gasteiger partial charge < -0.3 is 10.6 Å². The van der Waals surface area contributed by atoms with Gasteiger partial charge in [0.2, 0.25) is 0 Å². The van der Waals surface area contributed by atoms with Gasteiger partial charge in [-0.05, 0) is 59.9 Å². The Balaban J connectivity index is 1.38. The summed E-state index contributed by atoms with van der Waals surface area (Å²) in [6.45, 7) is 7.13. The standard InChI is InChI=1S/C24H31N3O/c1-24(2)12-10-21(11-13-24)26-17-18-6-8-19(9-7-18)20-4-3-5-22(16-20)27-15-14-25-23(27)28/h3-9,16,21,26H,10-15,17H2,1-2H3,(H,25,28). The number of carbonyl (C=O) groups is 1. The van der Waals surface area contributed by atoms with Gasteiger partial charge in [-0.1, -0.05) is 50.2 Å². The summed E-state index contributed by atoms with van der Waals surface area (Å²) in [5.74, 6) is 0. The van der Waals surface area contributed by atoms with Crippen LogP contribution in [-0.2, 0) is 6.54 Å². The molecule has 0 spiro atoms. The second kappa shape index (κ2) is 7.96. The van der Waals surface area contributed by atoms with Crippen molar-refractivity contribution in [2.24, 2.45) is 5.41 Å². The first-order valence-corrected chi connectivity index (χ1v) is 10.5. The third-order valence-corrected chi connectivity index (χ3v) is 6.24. The fourth-order valence-corrected chi connectivity index (χ4v) is 4.25. The summed E-state index contributed by atoms with van der Waals surface area (Å²) in [6.07, 6.45) is 5.19. The number of carbonyl (C=O) groups excluding carboxylic acids is 1. The van der Waals surface area contributed by atoms with E-state index in [0.29, 0.717) is 18.0 Å². The van der Waals surface area contributed by atoms with E-state index >= 15 is 0 Å². The number of nitrogens with one attached hydrogen (secondary N) is 2. The molecule has 1 aliphatic heterocycles. The highest BCUT2D eigenvalue weighted by molar-refractivity contribution is 5.94. The molecule has 2 aliphatic rings. The van der Waals surface area contributed by atoms with E-state index in [1.807, 2.05) is 12.1 Å². The van der Waals surface area contributed by atoms with Gasteiger partial charge in [-0.25, -0.2) is 4.79 Å². The van der Waals surface area contributed by atoms with E-state index in [1.54, 1.807) is 4.90 Å². The van der Waals surface area contributed by atoms with Crippen molar-refractivity contribution < 1.29 is 4.79 Å². The minimum absolute atomic E-state index is 0.00956. The zero-order valence-corrected chi connectivity index (χ0v) is 17.0. The van der Waals surface area contributed by atoms with Crippen LogP contribution in [0.2, 0.25) is 0 Å². The van der Waals surface area contributed by atoms with Crippen molar-refractivity contribution in [3.8, 4) is 11.1 Å². The van der Waals surface area contributed by atoms with Crippen LogP contribution in [0.3, 0.4) is 0 Å². The topological polar surface area (TPSA) is 44.4 Å². The number of benzene rings is 2. The molecular formula is C24H31N3O. The molecule has 2 fully saturated rings. The third kappa shape index (κ3) is 4.39. The van der Waals surface area contributed by atoms with Gasteiger partial charge in [0.25, 0.3) is 0 Å². The Bertz CT molecular complexity index is 818. The molecule has 2 amide bonds. The molecule has 1 saturated carbocycles.